The Morgan fingerprint density at radius 2 is 1.63 bits per heavy atom. The molecule has 0 aliphatic heterocycles. The van der Waals surface area contributed by atoms with E-state index in [-0.39, 0.29) is 5.91 Å². The van der Waals surface area contributed by atoms with Crippen LogP contribution in [0.15, 0.2) is 48.5 Å². The number of ether oxygens (including phenoxy) is 1. The Morgan fingerprint density at radius 3 is 2.15 bits per heavy atom. The van der Waals surface area contributed by atoms with Gasteiger partial charge in [0, 0.05) is 32.8 Å². The van der Waals surface area contributed by atoms with E-state index in [0.717, 1.165) is 11.8 Å². The second-order valence-electron chi connectivity index (χ2n) is 6.48. The highest BCUT2D eigenvalue weighted by molar-refractivity contribution is 7.92. The van der Waals surface area contributed by atoms with Gasteiger partial charge in [-0.25, -0.2) is 8.42 Å². The van der Waals surface area contributed by atoms with Gasteiger partial charge >= 0.3 is 0 Å². The van der Waals surface area contributed by atoms with Crippen molar-refractivity contribution in [2.45, 2.75) is 13.5 Å². The fourth-order valence-electron chi connectivity index (χ4n) is 2.56. The van der Waals surface area contributed by atoms with Gasteiger partial charge in [0.2, 0.25) is 10.0 Å². The molecule has 27 heavy (non-hydrogen) atoms. The van der Waals surface area contributed by atoms with Crippen molar-refractivity contribution < 1.29 is 17.9 Å². The summed E-state index contributed by atoms with van der Waals surface area (Å²) in [4.78, 5) is 14.7. The molecule has 0 unspecified atom stereocenters. The number of nitrogens with zero attached hydrogens (tertiary/aromatic N) is 2. The van der Waals surface area contributed by atoms with Crippen LogP contribution >= 0.6 is 0 Å². The van der Waals surface area contributed by atoms with Crippen molar-refractivity contribution in [3.05, 3.63) is 65.2 Å². The monoisotopic (exact) mass is 390 g/mol. The van der Waals surface area contributed by atoms with Crippen LogP contribution in [0.4, 0.5) is 5.69 Å². The molecule has 0 N–H and O–H groups in total. The fraction of sp³-hybridized carbons (Fsp3) is 0.350. The van der Waals surface area contributed by atoms with Crippen LogP contribution in [0, 0.1) is 6.92 Å². The van der Waals surface area contributed by atoms with Crippen LogP contribution in [-0.4, -0.2) is 52.8 Å². The summed E-state index contributed by atoms with van der Waals surface area (Å²) in [5, 5.41) is 0. The first kappa shape index (κ1) is 20.9. The third-order valence-electron chi connectivity index (χ3n) is 4.32. The lowest BCUT2D eigenvalue weighted by Gasteiger charge is -2.23. The predicted molar refractivity (Wildman–Crippen MR) is 107 cm³/mol. The molecule has 0 bridgehead atoms. The zero-order valence-corrected chi connectivity index (χ0v) is 17.0. The molecule has 2 aromatic rings. The zero-order chi connectivity index (χ0) is 20.0. The third-order valence-corrected chi connectivity index (χ3v) is 5.53. The third kappa shape index (κ3) is 5.80. The van der Waals surface area contributed by atoms with Crippen molar-refractivity contribution in [1.82, 2.24) is 4.90 Å². The first-order valence-electron chi connectivity index (χ1n) is 8.60. The number of benzene rings is 2. The molecule has 0 heterocycles. The van der Waals surface area contributed by atoms with Crippen molar-refractivity contribution in [2.75, 3.05) is 37.9 Å². The number of hydrogen-bond donors (Lipinski definition) is 0. The van der Waals surface area contributed by atoms with E-state index in [0.29, 0.717) is 30.9 Å². The number of hydrogen-bond acceptors (Lipinski definition) is 4. The summed E-state index contributed by atoms with van der Waals surface area (Å²) in [7, 11) is -0.258. The Balaban J connectivity index is 2.20. The molecule has 7 heteroatoms. The number of rotatable bonds is 8. The highest BCUT2D eigenvalue weighted by Gasteiger charge is 2.17. The highest BCUT2D eigenvalue weighted by Crippen LogP contribution is 2.18. The van der Waals surface area contributed by atoms with Gasteiger partial charge < -0.3 is 9.64 Å². The van der Waals surface area contributed by atoms with Crippen LogP contribution in [0.25, 0.3) is 0 Å². The van der Waals surface area contributed by atoms with E-state index >= 15 is 0 Å². The molecule has 0 aromatic heterocycles. The van der Waals surface area contributed by atoms with Crippen LogP contribution in [0.2, 0.25) is 0 Å². The van der Waals surface area contributed by atoms with Gasteiger partial charge in [-0.15, -0.1) is 0 Å². The Kier molecular flexibility index (Phi) is 6.98. The molecule has 0 aliphatic rings. The minimum Gasteiger partial charge on any atom is -0.383 e. The van der Waals surface area contributed by atoms with Gasteiger partial charge in [-0.1, -0.05) is 29.8 Å². The summed E-state index contributed by atoms with van der Waals surface area (Å²) >= 11 is 0. The molecule has 0 radical (unpaired) electrons. The summed E-state index contributed by atoms with van der Waals surface area (Å²) < 4.78 is 29.6. The van der Waals surface area contributed by atoms with Crippen LogP contribution in [0.5, 0.6) is 0 Å². The quantitative estimate of drug-likeness (QED) is 0.695. The predicted octanol–water partition coefficient (Wildman–Crippen LogP) is 2.68. The normalized spacial score (nSPS) is 11.3. The first-order valence-corrected chi connectivity index (χ1v) is 10.4. The second kappa shape index (κ2) is 9.01. The van der Waals surface area contributed by atoms with Crippen molar-refractivity contribution in [3.8, 4) is 0 Å². The molecular formula is C20H26N2O4S. The largest absolute Gasteiger partial charge is 0.383 e. The average Bonchev–Trinajstić information content (AvgIpc) is 2.65. The van der Waals surface area contributed by atoms with Crippen LogP contribution in [0.1, 0.15) is 21.5 Å². The molecule has 0 atom stereocenters. The Morgan fingerprint density at radius 1 is 1.04 bits per heavy atom. The maximum absolute atomic E-state index is 12.9. The summed E-state index contributed by atoms with van der Waals surface area (Å²) in [5.41, 5.74) is 3.22. The number of anilines is 1. The van der Waals surface area contributed by atoms with Gasteiger partial charge in [-0.2, -0.15) is 0 Å². The molecule has 6 nitrogen and oxygen atoms in total. The molecule has 0 saturated heterocycles. The van der Waals surface area contributed by atoms with Crippen molar-refractivity contribution in [3.63, 3.8) is 0 Å². The lowest BCUT2D eigenvalue weighted by atomic mass is 10.1. The number of carbonyl (C=O) groups is 1. The average molecular weight is 391 g/mol. The van der Waals surface area contributed by atoms with Crippen molar-refractivity contribution in [2.24, 2.45) is 0 Å². The summed E-state index contributed by atoms with van der Waals surface area (Å²) in [6.45, 7) is 3.40. The van der Waals surface area contributed by atoms with Crippen molar-refractivity contribution in [1.29, 1.82) is 0 Å². The number of amides is 1. The molecule has 0 fully saturated rings. The van der Waals surface area contributed by atoms with Crippen molar-refractivity contribution >= 4 is 21.6 Å². The molecule has 0 saturated carbocycles. The topological polar surface area (TPSA) is 66.9 Å². The minimum atomic E-state index is -3.34. The van der Waals surface area contributed by atoms with E-state index in [1.807, 2.05) is 31.2 Å². The van der Waals surface area contributed by atoms with Crippen LogP contribution in [-0.2, 0) is 21.3 Å². The molecule has 2 rings (SSSR count). The van der Waals surface area contributed by atoms with Crippen LogP contribution in [0.3, 0.4) is 0 Å². The minimum absolute atomic E-state index is 0.124. The van der Waals surface area contributed by atoms with Gasteiger partial charge in [0.25, 0.3) is 5.91 Å². The molecule has 1 amide bonds. The standard InChI is InChI=1S/C20H26N2O4S/c1-16-5-7-17(8-6-16)15-22(13-14-26-3)20(23)18-9-11-19(12-10-18)21(2)27(4,24)25/h5-12H,13-15H2,1-4H3. The number of aryl methyl sites for hydroxylation is 1. The van der Waals surface area contributed by atoms with Gasteiger partial charge in [-0.05, 0) is 36.8 Å². The molecule has 0 aliphatic carbocycles. The van der Waals surface area contributed by atoms with Gasteiger partial charge in [0.05, 0.1) is 18.6 Å². The summed E-state index contributed by atoms with van der Waals surface area (Å²) in [5.74, 6) is -0.124. The number of carbonyl (C=O) groups excluding carboxylic acids is 1. The lowest BCUT2D eigenvalue weighted by molar-refractivity contribution is 0.0680. The Hall–Kier alpha value is -2.38. The first-order chi connectivity index (χ1) is 12.7. The van der Waals surface area contributed by atoms with Gasteiger partial charge in [0.1, 0.15) is 0 Å². The molecule has 0 spiro atoms. The van der Waals surface area contributed by atoms with E-state index in [4.69, 9.17) is 4.74 Å². The smallest absolute Gasteiger partial charge is 0.254 e. The Bertz CT molecular complexity index is 862. The molecule has 2 aromatic carbocycles. The lowest BCUT2D eigenvalue weighted by Crippen LogP contribution is -2.33. The maximum Gasteiger partial charge on any atom is 0.254 e. The zero-order valence-electron chi connectivity index (χ0n) is 16.2. The Labute approximate surface area is 161 Å². The maximum atomic E-state index is 12.9. The fourth-order valence-corrected chi connectivity index (χ4v) is 3.06. The van der Waals surface area contributed by atoms with E-state index in [1.165, 1.54) is 16.9 Å². The molecular weight excluding hydrogens is 364 g/mol. The number of methoxy groups -OCH3 is 1. The van der Waals surface area contributed by atoms with Gasteiger partial charge in [0.15, 0.2) is 0 Å². The van der Waals surface area contributed by atoms with E-state index < -0.39 is 10.0 Å². The van der Waals surface area contributed by atoms with E-state index in [9.17, 15) is 13.2 Å². The van der Waals surface area contributed by atoms with Crippen LogP contribution < -0.4 is 4.31 Å². The molecule has 146 valence electrons. The highest BCUT2D eigenvalue weighted by atomic mass is 32.2. The van der Waals surface area contributed by atoms with E-state index in [2.05, 4.69) is 0 Å². The number of sulfonamides is 1. The summed E-state index contributed by atoms with van der Waals surface area (Å²) in [6.07, 6.45) is 1.14. The second-order valence-corrected chi connectivity index (χ2v) is 8.50. The van der Waals surface area contributed by atoms with E-state index in [1.54, 1.807) is 36.3 Å². The van der Waals surface area contributed by atoms with Gasteiger partial charge in [-0.3, -0.25) is 9.10 Å². The summed E-state index contributed by atoms with van der Waals surface area (Å²) in [6, 6.07) is 14.6. The SMILES string of the molecule is COCCN(Cc1ccc(C)cc1)C(=O)c1ccc(N(C)S(C)(=O)=O)cc1.